The number of hydrogen-bond acceptors (Lipinski definition) is 5. The van der Waals surface area contributed by atoms with Crippen molar-refractivity contribution in [1.29, 1.82) is 0 Å². The highest BCUT2D eigenvalue weighted by Crippen LogP contribution is 2.35. The Morgan fingerprint density at radius 1 is 0.933 bits per heavy atom. The number of hydrogen-bond donors (Lipinski definition) is 3. The molecule has 3 N–H and O–H groups in total. The van der Waals surface area contributed by atoms with Crippen LogP contribution in [0, 0.1) is 0 Å². The van der Waals surface area contributed by atoms with Crippen molar-refractivity contribution in [3.05, 3.63) is 66.0 Å². The Hall–Kier alpha value is -2.74. The largest absolute Gasteiger partial charge is 0.491 e. The van der Waals surface area contributed by atoms with E-state index in [0.717, 1.165) is 37.7 Å². The van der Waals surface area contributed by atoms with Crippen molar-refractivity contribution in [2.24, 2.45) is 0 Å². The molecule has 1 aromatic carbocycles. The van der Waals surface area contributed by atoms with Gasteiger partial charge in [0.15, 0.2) is 0 Å². The minimum absolute atomic E-state index is 0.0149. The van der Waals surface area contributed by atoms with Crippen molar-refractivity contribution < 1.29 is 33.0 Å². The molecule has 8 nitrogen and oxygen atoms in total. The third-order valence-electron chi connectivity index (χ3n) is 7.48. The Balaban J connectivity index is 1.70. The zero-order valence-corrected chi connectivity index (χ0v) is 27.9. The van der Waals surface area contributed by atoms with Gasteiger partial charge in [-0.1, -0.05) is 76.2 Å². The fraction of sp³-hybridized carbons (Fsp3) is 0.600. The molecule has 0 saturated carbocycles. The van der Waals surface area contributed by atoms with E-state index in [1.807, 2.05) is 24.3 Å². The summed E-state index contributed by atoms with van der Waals surface area (Å²) in [5.41, 5.74) is 1.57. The number of carbonyl (C=O) groups excluding carboxylic acids is 1. The standard InChI is InChI=1S/C35H54FN2O6P/c1-2-3-4-5-6-7-8-9-10-11-12-13-14-15-16-35(39)38-31(22-26-45(40,41)42)27-30-17-19-33(20-18-30)44-29-32-28-34(21-24-37-32)43-25-23-36/h8-9,17-21,24,28,31H,2-7,10-16,22-23,25-27,29H2,1H3,(H,38,39)(H2,40,41,42)/b9-8-. The molecule has 1 heterocycles. The number of amides is 1. The van der Waals surface area contributed by atoms with Gasteiger partial charge < -0.3 is 24.6 Å². The average Bonchev–Trinajstić information content (AvgIpc) is 3.02. The molecule has 0 aliphatic heterocycles. The van der Waals surface area contributed by atoms with Gasteiger partial charge in [0.25, 0.3) is 0 Å². The first kappa shape index (κ1) is 38.4. The molecule has 1 aromatic heterocycles. The Bertz CT molecular complexity index is 1140. The molecule has 0 bridgehead atoms. The van der Waals surface area contributed by atoms with E-state index in [0.29, 0.717) is 30.0 Å². The quantitative estimate of drug-likeness (QED) is 0.0534. The van der Waals surface area contributed by atoms with Crippen LogP contribution in [0.15, 0.2) is 54.7 Å². The number of pyridine rings is 1. The monoisotopic (exact) mass is 648 g/mol. The lowest BCUT2D eigenvalue weighted by molar-refractivity contribution is -0.121. The molecule has 0 radical (unpaired) electrons. The minimum atomic E-state index is -4.19. The normalized spacial score (nSPS) is 12.4. The fourth-order valence-corrected chi connectivity index (χ4v) is 5.62. The van der Waals surface area contributed by atoms with Crippen molar-refractivity contribution in [2.45, 2.75) is 116 Å². The maximum Gasteiger partial charge on any atom is 0.325 e. The van der Waals surface area contributed by atoms with E-state index in [4.69, 9.17) is 9.47 Å². The van der Waals surface area contributed by atoms with Crippen molar-refractivity contribution in [3.8, 4) is 11.5 Å². The SMILES string of the molecule is CCCCCCC/C=C\CCCCCCCC(=O)NC(CCP(=O)(O)O)Cc1ccc(OCc2cc(OCCF)ccn2)cc1. The summed E-state index contributed by atoms with van der Waals surface area (Å²) in [5, 5.41) is 3.00. The molecule has 1 atom stereocenters. The molecular formula is C35H54FN2O6P. The van der Waals surface area contributed by atoms with Crippen LogP contribution >= 0.6 is 7.60 Å². The molecule has 2 rings (SSSR count). The van der Waals surface area contributed by atoms with Gasteiger partial charge in [0.05, 0.1) is 11.9 Å². The summed E-state index contributed by atoms with van der Waals surface area (Å²) in [6, 6.07) is 10.4. The smallest absolute Gasteiger partial charge is 0.325 e. The molecule has 45 heavy (non-hydrogen) atoms. The van der Waals surface area contributed by atoms with Crippen molar-refractivity contribution >= 4 is 13.5 Å². The first-order valence-corrected chi connectivity index (χ1v) is 18.4. The molecule has 1 amide bonds. The molecule has 0 aliphatic rings. The van der Waals surface area contributed by atoms with Gasteiger partial charge in [0.2, 0.25) is 5.91 Å². The summed E-state index contributed by atoms with van der Waals surface area (Å²) < 4.78 is 35.0. The highest BCUT2D eigenvalue weighted by atomic mass is 31.2. The average molecular weight is 649 g/mol. The first-order valence-electron chi connectivity index (χ1n) is 16.6. The summed E-state index contributed by atoms with van der Waals surface area (Å²) in [6.07, 6.45) is 21.1. The van der Waals surface area contributed by atoms with E-state index in [-0.39, 0.29) is 37.7 Å². The second-order valence-electron chi connectivity index (χ2n) is 11.6. The van der Waals surface area contributed by atoms with E-state index in [1.165, 1.54) is 44.9 Å². The summed E-state index contributed by atoms with van der Waals surface area (Å²) >= 11 is 0. The second-order valence-corrected chi connectivity index (χ2v) is 13.4. The summed E-state index contributed by atoms with van der Waals surface area (Å²) in [4.78, 5) is 35.7. The van der Waals surface area contributed by atoms with Crippen LogP contribution in [0.25, 0.3) is 0 Å². The zero-order chi connectivity index (χ0) is 32.6. The van der Waals surface area contributed by atoms with Gasteiger partial charge in [-0.3, -0.25) is 14.3 Å². The van der Waals surface area contributed by atoms with Crippen LogP contribution in [-0.4, -0.2) is 46.2 Å². The second kappa shape index (κ2) is 23.6. The number of aromatic nitrogens is 1. The van der Waals surface area contributed by atoms with Gasteiger partial charge in [0.1, 0.15) is 31.4 Å². The highest BCUT2D eigenvalue weighted by Gasteiger charge is 2.19. The van der Waals surface area contributed by atoms with Crippen LogP contribution in [0.5, 0.6) is 11.5 Å². The Morgan fingerprint density at radius 2 is 1.60 bits per heavy atom. The summed E-state index contributed by atoms with van der Waals surface area (Å²) in [5.74, 6) is 1.07. The van der Waals surface area contributed by atoms with Gasteiger partial charge in [0, 0.05) is 24.7 Å². The van der Waals surface area contributed by atoms with Crippen molar-refractivity contribution in [1.82, 2.24) is 10.3 Å². The number of ether oxygens (including phenoxy) is 2. The van der Waals surface area contributed by atoms with Crippen LogP contribution < -0.4 is 14.8 Å². The molecule has 0 saturated heterocycles. The van der Waals surface area contributed by atoms with Crippen molar-refractivity contribution in [3.63, 3.8) is 0 Å². The molecule has 0 fully saturated rings. The molecule has 252 valence electrons. The Kier molecular flexibility index (Phi) is 20.1. The number of benzene rings is 1. The number of carbonyl (C=O) groups is 1. The molecule has 2 aromatic rings. The molecule has 0 aliphatic carbocycles. The Morgan fingerprint density at radius 3 is 2.27 bits per heavy atom. The number of alkyl halides is 1. The third kappa shape index (κ3) is 20.1. The van der Waals surface area contributed by atoms with Gasteiger partial charge >= 0.3 is 7.60 Å². The summed E-state index contributed by atoms with van der Waals surface area (Å²) in [7, 11) is -4.19. The van der Waals surface area contributed by atoms with Gasteiger partial charge in [-0.05, 0) is 68.7 Å². The van der Waals surface area contributed by atoms with E-state index in [2.05, 4.69) is 29.4 Å². The third-order valence-corrected chi connectivity index (χ3v) is 8.32. The van der Waals surface area contributed by atoms with Crippen LogP contribution in [0.2, 0.25) is 0 Å². The van der Waals surface area contributed by atoms with E-state index < -0.39 is 14.3 Å². The van der Waals surface area contributed by atoms with E-state index >= 15 is 0 Å². The zero-order valence-electron chi connectivity index (χ0n) is 27.0. The topological polar surface area (TPSA) is 118 Å². The number of rotatable bonds is 26. The lowest BCUT2D eigenvalue weighted by Crippen LogP contribution is -2.37. The van der Waals surface area contributed by atoms with Gasteiger partial charge in [-0.15, -0.1) is 0 Å². The fourth-order valence-electron chi connectivity index (χ4n) is 4.97. The molecule has 0 spiro atoms. The number of unbranched alkanes of at least 4 members (excludes halogenated alkanes) is 10. The highest BCUT2D eigenvalue weighted by molar-refractivity contribution is 7.51. The van der Waals surface area contributed by atoms with E-state index in [1.54, 1.807) is 18.3 Å². The lowest BCUT2D eigenvalue weighted by Gasteiger charge is -2.20. The Labute approximate surface area is 269 Å². The molecule has 1 unspecified atom stereocenters. The number of nitrogens with one attached hydrogen (secondary N) is 1. The molecular weight excluding hydrogens is 594 g/mol. The van der Waals surface area contributed by atoms with Gasteiger partial charge in [-0.25, -0.2) is 4.39 Å². The van der Waals surface area contributed by atoms with Crippen molar-refractivity contribution in [2.75, 3.05) is 19.4 Å². The summed E-state index contributed by atoms with van der Waals surface area (Å²) in [6.45, 7) is 1.87. The van der Waals surface area contributed by atoms with Crippen LogP contribution in [0.4, 0.5) is 4.39 Å². The first-order chi connectivity index (χ1) is 21.8. The van der Waals surface area contributed by atoms with E-state index in [9.17, 15) is 23.5 Å². The van der Waals surface area contributed by atoms with Crippen LogP contribution in [-0.2, 0) is 22.4 Å². The van der Waals surface area contributed by atoms with Crippen LogP contribution in [0.1, 0.15) is 108 Å². The van der Waals surface area contributed by atoms with Gasteiger partial charge in [-0.2, -0.15) is 0 Å². The maximum absolute atomic E-state index is 12.7. The predicted molar refractivity (Wildman–Crippen MR) is 178 cm³/mol. The number of halogens is 1. The predicted octanol–water partition coefficient (Wildman–Crippen LogP) is 8.25. The number of nitrogens with zero attached hydrogens (tertiary/aromatic N) is 1. The minimum Gasteiger partial charge on any atom is -0.491 e. The lowest BCUT2D eigenvalue weighted by atomic mass is 10.0. The van der Waals surface area contributed by atoms with Crippen LogP contribution in [0.3, 0.4) is 0 Å². The maximum atomic E-state index is 12.7. The number of allylic oxidation sites excluding steroid dienone is 2. The molecule has 10 heteroatoms.